The van der Waals surface area contributed by atoms with E-state index in [1.165, 1.54) is 7.11 Å². The van der Waals surface area contributed by atoms with Gasteiger partial charge in [0.1, 0.15) is 0 Å². The Morgan fingerprint density at radius 3 is 1.67 bits per heavy atom. The number of aromatic hydroxyl groups is 3. The zero-order valence-corrected chi connectivity index (χ0v) is 28.4. The van der Waals surface area contributed by atoms with E-state index in [2.05, 4.69) is 23.9 Å². The first-order valence-corrected chi connectivity index (χ1v) is 16.1. The molecule has 0 amide bonds. The van der Waals surface area contributed by atoms with Crippen LogP contribution in [0, 0.1) is 0 Å². The molecule has 2 aliphatic rings. The van der Waals surface area contributed by atoms with Crippen LogP contribution in [0.5, 0.6) is 51.7 Å². The maximum atomic E-state index is 11.4. The van der Waals surface area contributed by atoms with Crippen LogP contribution < -0.4 is 23.7 Å². The fourth-order valence-corrected chi connectivity index (χ4v) is 7.05. The third-order valence-electron chi connectivity index (χ3n) is 9.81. The van der Waals surface area contributed by atoms with E-state index in [4.69, 9.17) is 23.7 Å². The number of likely N-dealkylation sites (N-methyl/N-ethyl adjacent to an activating group) is 2. The highest BCUT2D eigenvalue weighted by Crippen LogP contribution is 2.47. The number of methoxy groups -OCH3 is 4. The second-order valence-corrected chi connectivity index (χ2v) is 12.5. The maximum absolute atomic E-state index is 11.4. The summed E-state index contributed by atoms with van der Waals surface area (Å²) >= 11 is 0. The zero-order valence-electron chi connectivity index (χ0n) is 28.4. The molecule has 0 fully saturated rings. The zero-order chi connectivity index (χ0) is 34.1. The first kappa shape index (κ1) is 33.1. The molecule has 0 bridgehead atoms. The molecular formula is C38H44N2O8. The SMILES string of the molecule is COc1cc2c(cc1O)C(Cc1ccc(OC)c(Oc3c(CC4c5cc(O)c(OC)cc5CCN4C)ccc(OC)c3O)c1)N(C)CC2. The summed E-state index contributed by atoms with van der Waals surface area (Å²) in [6, 6.07) is 16.8. The van der Waals surface area contributed by atoms with E-state index in [9.17, 15) is 15.3 Å². The van der Waals surface area contributed by atoms with Crippen LogP contribution in [-0.4, -0.2) is 80.7 Å². The summed E-state index contributed by atoms with van der Waals surface area (Å²) in [5, 5.41) is 32.7. The van der Waals surface area contributed by atoms with Crippen LogP contribution in [0.25, 0.3) is 0 Å². The molecular weight excluding hydrogens is 612 g/mol. The van der Waals surface area contributed by atoms with Gasteiger partial charge in [-0.1, -0.05) is 12.1 Å². The molecule has 0 aliphatic carbocycles. The topological polar surface area (TPSA) is 113 Å². The summed E-state index contributed by atoms with van der Waals surface area (Å²) in [6.45, 7) is 1.69. The van der Waals surface area contributed by atoms with Crippen molar-refractivity contribution in [2.75, 3.05) is 55.6 Å². The summed E-state index contributed by atoms with van der Waals surface area (Å²) in [7, 11) is 10.4. The Bertz CT molecular complexity index is 1810. The molecule has 48 heavy (non-hydrogen) atoms. The van der Waals surface area contributed by atoms with Crippen LogP contribution in [0.3, 0.4) is 0 Å². The van der Waals surface area contributed by atoms with Crippen molar-refractivity contribution in [3.05, 3.63) is 88.0 Å². The minimum atomic E-state index is -0.107. The van der Waals surface area contributed by atoms with Gasteiger partial charge in [0, 0.05) is 30.7 Å². The van der Waals surface area contributed by atoms with Crippen molar-refractivity contribution in [2.24, 2.45) is 0 Å². The molecule has 2 heterocycles. The summed E-state index contributed by atoms with van der Waals surface area (Å²) < 4.78 is 28.5. The van der Waals surface area contributed by atoms with Crippen LogP contribution in [0.1, 0.15) is 45.5 Å². The number of phenols is 3. The second-order valence-electron chi connectivity index (χ2n) is 12.5. The molecule has 0 aromatic heterocycles. The molecule has 6 rings (SSSR count). The Balaban J connectivity index is 1.35. The van der Waals surface area contributed by atoms with Gasteiger partial charge in [0.2, 0.25) is 5.75 Å². The highest BCUT2D eigenvalue weighted by molar-refractivity contribution is 5.59. The van der Waals surface area contributed by atoms with Gasteiger partial charge in [0.05, 0.1) is 28.4 Å². The predicted molar refractivity (Wildman–Crippen MR) is 183 cm³/mol. The minimum Gasteiger partial charge on any atom is -0.504 e. The van der Waals surface area contributed by atoms with Gasteiger partial charge in [-0.3, -0.25) is 9.80 Å². The first-order chi connectivity index (χ1) is 23.1. The van der Waals surface area contributed by atoms with Crippen LogP contribution in [0.15, 0.2) is 54.6 Å². The van der Waals surface area contributed by atoms with Gasteiger partial charge in [-0.2, -0.15) is 0 Å². The van der Waals surface area contributed by atoms with Crippen molar-refractivity contribution >= 4 is 0 Å². The average Bonchev–Trinajstić information content (AvgIpc) is 3.08. The predicted octanol–water partition coefficient (Wildman–Crippen LogP) is 6.17. The summed E-state index contributed by atoms with van der Waals surface area (Å²) in [5.41, 5.74) is 6.11. The normalized spacial score (nSPS) is 17.7. The van der Waals surface area contributed by atoms with Gasteiger partial charge < -0.3 is 39.0 Å². The molecule has 0 saturated carbocycles. The minimum absolute atomic E-state index is 0.0181. The Hall–Kier alpha value is -4.80. The van der Waals surface area contributed by atoms with Crippen LogP contribution in [0.2, 0.25) is 0 Å². The number of hydrogen-bond acceptors (Lipinski definition) is 10. The van der Waals surface area contributed by atoms with E-state index in [-0.39, 0.29) is 35.1 Å². The van der Waals surface area contributed by atoms with E-state index < -0.39 is 0 Å². The largest absolute Gasteiger partial charge is 0.504 e. The van der Waals surface area contributed by atoms with Crippen molar-refractivity contribution in [1.82, 2.24) is 9.80 Å². The van der Waals surface area contributed by atoms with Gasteiger partial charge >= 0.3 is 0 Å². The summed E-state index contributed by atoms with van der Waals surface area (Å²) in [5.74, 6) is 2.58. The van der Waals surface area contributed by atoms with Crippen molar-refractivity contribution in [3.63, 3.8) is 0 Å². The van der Waals surface area contributed by atoms with E-state index >= 15 is 0 Å². The van der Waals surface area contributed by atoms with Gasteiger partial charge in [-0.25, -0.2) is 0 Å². The smallest absolute Gasteiger partial charge is 0.201 e. The molecule has 2 unspecified atom stereocenters. The molecule has 3 N–H and O–H groups in total. The lowest BCUT2D eigenvalue weighted by atomic mass is 9.88. The number of rotatable bonds is 10. The Morgan fingerprint density at radius 2 is 1.12 bits per heavy atom. The third-order valence-corrected chi connectivity index (χ3v) is 9.81. The van der Waals surface area contributed by atoms with Crippen LogP contribution in [0.4, 0.5) is 0 Å². The van der Waals surface area contributed by atoms with E-state index in [0.717, 1.165) is 59.3 Å². The summed E-state index contributed by atoms with van der Waals surface area (Å²) in [4.78, 5) is 4.53. The van der Waals surface area contributed by atoms with Crippen molar-refractivity contribution in [1.29, 1.82) is 0 Å². The molecule has 2 atom stereocenters. The Kier molecular flexibility index (Phi) is 9.48. The van der Waals surface area contributed by atoms with Gasteiger partial charge in [0.25, 0.3) is 0 Å². The fourth-order valence-electron chi connectivity index (χ4n) is 7.05. The molecule has 0 spiro atoms. The molecule has 10 nitrogen and oxygen atoms in total. The van der Waals surface area contributed by atoms with Crippen molar-refractivity contribution < 1.29 is 39.0 Å². The van der Waals surface area contributed by atoms with Crippen molar-refractivity contribution in [3.8, 4) is 51.7 Å². The number of ether oxygens (including phenoxy) is 5. The lowest BCUT2D eigenvalue weighted by molar-refractivity contribution is 0.226. The molecule has 10 heteroatoms. The lowest BCUT2D eigenvalue weighted by Gasteiger charge is -2.35. The molecule has 2 aliphatic heterocycles. The van der Waals surface area contributed by atoms with Crippen molar-refractivity contribution in [2.45, 2.75) is 37.8 Å². The second kappa shape index (κ2) is 13.7. The van der Waals surface area contributed by atoms with Gasteiger partial charge in [-0.05, 0) is 110 Å². The maximum Gasteiger partial charge on any atom is 0.201 e. The standard InChI is InChI=1S/C38H44N2O8/c1-39-13-11-23-18-34(46-5)30(41)20-26(23)28(39)15-22-7-9-32(44-3)36(16-22)48-38-25(8-10-33(45-4)37(38)43)17-29-27-21-31(42)35(47-6)19-24(27)12-14-40(29)2/h7-10,16,18-21,28-29,41-43H,11-15,17H2,1-6H3. The van der Waals surface area contributed by atoms with Crippen LogP contribution >= 0.6 is 0 Å². The summed E-state index contributed by atoms with van der Waals surface area (Å²) in [6.07, 6.45) is 2.85. The number of nitrogens with zero attached hydrogens (tertiary/aromatic N) is 2. The quantitative estimate of drug-likeness (QED) is 0.183. The Morgan fingerprint density at radius 1 is 0.604 bits per heavy atom. The number of fused-ring (bicyclic) bond motifs is 2. The van der Waals surface area contributed by atoms with E-state index in [1.807, 2.05) is 42.5 Å². The molecule has 4 aromatic rings. The molecule has 4 aromatic carbocycles. The number of hydrogen-bond donors (Lipinski definition) is 3. The average molecular weight is 657 g/mol. The number of phenolic OH excluding ortho intramolecular Hbond substituents is 3. The van der Waals surface area contributed by atoms with E-state index in [0.29, 0.717) is 41.6 Å². The number of benzene rings is 4. The highest BCUT2D eigenvalue weighted by Gasteiger charge is 2.30. The van der Waals surface area contributed by atoms with Gasteiger partial charge in [0.15, 0.2) is 46.0 Å². The van der Waals surface area contributed by atoms with Gasteiger partial charge in [-0.15, -0.1) is 0 Å². The first-order valence-electron chi connectivity index (χ1n) is 16.1. The van der Waals surface area contributed by atoms with E-state index in [1.54, 1.807) is 33.5 Å². The molecule has 254 valence electrons. The van der Waals surface area contributed by atoms with Crippen LogP contribution in [-0.2, 0) is 25.7 Å². The molecule has 0 saturated heterocycles. The lowest BCUT2D eigenvalue weighted by Crippen LogP contribution is -2.33. The molecule has 0 radical (unpaired) electrons. The third kappa shape index (κ3) is 6.25. The monoisotopic (exact) mass is 656 g/mol. The fraction of sp³-hybridized carbons (Fsp3) is 0.368. The highest BCUT2D eigenvalue weighted by atomic mass is 16.5. The Labute approximate surface area is 281 Å².